The van der Waals surface area contributed by atoms with Gasteiger partial charge in [-0.3, -0.25) is 4.79 Å². The minimum absolute atomic E-state index is 0. The van der Waals surface area contributed by atoms with Gasteiger partial charge in [-0.1, -0.05) is 11.8 Å². The van der Waals surface area contributed by atoms with E-state index >= 15 is 0 Å². The van der Waals surface area contributed by atoms with Crippen molar-refractivity contribution in [1.29, 1.82) is 0 Å². The predicted molar refractivity (Wildman–Crippen MR) is 84.3 cm³/mol. The molecule has 0 unspecified atom stereocenters. The fraction of sp³-hybridized carbons (Fsp3) is 0.412. The second-order valence-electron chi connectivity index (χ2n) is 5.81. The van der Waals surface area contributed by atoms with Crippen LogP contribution >= 0.6 is 0 Å². The molecule has 0 saturated heterocycles. The van der Waals surface area contributed by atoms with E-state index in [9.17, 15) is 35.1 Å². The van der Waals surface area contributed by atoms with Gasteiger partial charge in [0.05, 0.1) is 12.5 Å². The number of alkyl halides is 8. The average molecular weight is 610 g/mol. The van der Waals surface area contributed by atoms with Gasteiger partial charge in [0.2, 0.25) is 0 Å². The van der Waals surface area contributed by atoms with Gasteiger partial charge >= 0.3 is 23.6 Å². The van der Waals surface area contributed by atoms with Crippen LogP contribution in [0.4, 0.5) is 35.1 Å². The number of ketones is 1. The Kier molecular flexibility index (Phi) is 8.35. The molecule has 0 amide bonds. The first kappa shape index (κ1) is 27.2. The van der Waals surface area contributed by atoms with Crippen molar-refractivity contribution in [1.82, 2.24) is 4.98 Å². The number of aliphatic hydroxyl groups is 1. The number of nitrogens with zero attached hydrogens (tertiary/aromatic N) is 1. The first-order chi connectivity index (χ1) is 12.5. The molecule has 29 heavy (non-hydrogen) atoms. The summed E-state index contributed by atoms with van der Waals surface area (Å²) in [7, 11) is 0. The first-order valence-corrected chi connectivity index (χ1v) is 7.48. The number of hydrogen-bond donors (Lipinski definition) is 1. The molecule has 0 aliphatic heterocycles. The quantitative estimate of drug-likeness (QED) is 0.164. The number of rotatable bonds is 2. The van der Waals surface area contributed by atoms with E-state index in [0.29, 0.717) is 17.7 Å². The molecule has 0 aromatic carbocycles. The standard InChI is InChI=1S/C11H4F8N.C6H10O2.Ir/c12-8(13)5-6(7-3-1-2-4-20-7)9(14,15)11(18,19)10(8,16)17;1-4(5(2)7)6(3)8;/h1-4H;7H,1-3H3;/q-1;;/p+1/b;5-4-;. The van der Waals surface area contributed by atoms with Crippen molar-refractivity contribution in [3.8, 4) is 0 Å². The summed E-state index contributed by atoms with van der Waals surface area (Å²) in [6.45, 7) is 4.73. The Morgan fingerprint density at radius 3 is 1.83 bits per heavy atom. The molecule has 3 nitrogen and oxygen atoms in total. The fourth-order valence-electron chi connectivity index (χ4n) is 1.86. The normalized spacial score (nSPS) is 21.4. The Morgan fingerprint density at radius 2 is 1.48 bits per heavy atom. The molecule has 12 heteroatoms. The van der Waals surface area contributed by atoms with Gasteiger partial charge in [-0.15, -0.1) is 11.6 Å². The molecule has 0 bridgehead atoms. The topological polar surface area (TPSA) is 54.5 Å². The predicted octanol–water partition coefficient (Wildman–Crippen LogP) is 5.22. The molecule has 2 rings (SSSR count). The zero-order chi connectivity index (χ0) is 22.1. The number of pyridine rings is 1. The van der Waals surface area contributed by atoms with E-state index in [0.717, 1.165) is 12.3 Å². The van der Waals surface area contributed by atoms with Crippen molar-refractivity contribution in [3.05, 3.63) is 47.5 Å². The Hall–Kier alpha value is -1.81. The third-order valence-corrected chi connectivity index (χ3v) is 3.79. The Labute approximate surface area is 173 Å². The molecule has 165 valence electrons. The van der Waals surface area contributed by atoms with E-state index in [2.05, 4.69) is 4.98 Å². The number of allylic oxidation sites excluding steroid dienone is 4. The maximum atomic E-state index is 13.5. The van der Waals surface area contributed by atoms with Gasteiger partial charge < -0.3 is 10.1 Å². The third-order valence-electron chi connectivity index (χ3n) is 3.79. The van der Waals surface area contributed by atoms with Gasteiger partial charge in [-0.2, -0.15) is 32.4 Å². The third kappa shape index (κ3) is 4.85. The summed E-state index contributed by atoms with van der Waals surface area (Å²) in [5, 5.41) is 8.69. The second-order valence-corrected chi connectivity index (χ2v) is 5.81. The van der Waals surface area contributed by atoms with Crippen LogP contribution in [0.5, 0.6) is 0 Å². The molecule has 1 aliphatic rings. The molecule has 0 spiro atoms. The summed E-state index contributed by atoms with van der Waals surface area (Å²) in [5.41, 5.74) is -2.49. The molecule has 1 aliphatic carbocycles. The number of hydrogen-bond acceptors (Lipinski definition) is 2. The summed E-state index contributed by atoms with van der Waals surface area (Å²) in [5.74, 6) is -23.3. The van der Waals surface area contributed by atoms with Crippen LogP contribution in [0.15, 0.2) is 35.7 Å². The number of carbonyl (C=O) groups excluding carboxylic acids is 1. The molecule has 0 saturated carbocycles. The van der Waals surface area contributed by atoms with Gasteiger partial charge in [-0.25, -0.2) is 8.78 Å². The van der Waals surface area contributed by atoms with E-state index in [1.54, 1.807) is 6.92 Å². The monoisotopic (exact) mass is 610 g/mol. The van der Waals surface area contributed by atoms with Crippen LogP contribution in [0, 0.1) is 6.08 Å². The molecule has 0 fully saturated rings. The molecule has 1 heterocycles. The smallest absolute Gasteiger partial charge is 0.378 e. The number of aromatic nitrogens is 1. The van der Waals surface area contributed by atoms with Crippen molar-refractivity contribution in [2.75, 3.05) is 0 Å². The van der Waals surface area contributed by atoms with E-state index in [1.165, 1.54) is 19.9 Å². The average Bonchev–Trinajstić information content (AvgIpc) is 2.58. The SMILES string of the molecule is CC(=[OH+])/C(C)=C(/C)O.FC1(F)[C-]=C(c2ccccn2)C(F)(F)C(F)(F)C1(F)F.[Ir]. The Morgan fingerprint density at radius 1 is 0.966 bits per heavy atom. The molecular weight excluding hydrogens is 594 g/mol. The summed E-state index contributed by atoms with van der Waals surface area (Å²) in [6, 6.07) is 2.97. The molecule has 0 atom stereocenters. The van der Waals surface area contributed by atoms with Crippen LogP contribution < -0.4 is 0 Å². The first-order valence-electron chi connectivity index (χ1n) is 7.48. The summed E-state index contributed by atoms with van der Waals surface area (Å²) >= 11 is 0. The van der Waals surface area contributed by atoms with E-state index < -0.39 is 35.0 Å². The summed E-state index contributed by atoms with van der Waals surface area (Å²) in [6.07, 6.45) is 1.35. The summed E-state index contributed by atoms with van der Waals surface area (Å²) < 4.78 is 105. The fourth-order valence-corrected chi connectivity index (χ4v) is 1.86. The van der Waals surface area contributed by atoms with E-state index in [4.69, 9.17) is 9.90 Å². The molecule has 2 N–H and O–H groups in total. The minimum Gasteiger partial charge on any atom is -0.512 e. The van der Waals surface area contributed by atoms with Gasteiger partial charge in [-0.05, 0) is 19.9 Å². The maximum absolute atomic E-state index is 13.5. The maximum Gasteiger partial charge on any atom is 0.378 e. The molecule has 1 radical (unpaired) electrons. The minimum atomic E-state index is -6.28. The summed E-state index contributed by atoms with van der Waals surface area (Å²) in [4.78, 5) is 11.9. The van der Waals surface area contributed by atoms with Crippen LogP contribution in [0.25, 0.3) is 5.57 Å². The van der Waals surface area contributed by atoms with Crippen LogP contribution in [-0.2, 0) is 20.1 Å². The van der Waals surface area contributed by atoms with Gasteiger partial charge in [0, 0.05) is 26.3 Å². The van der Waals surface area contributed by atoms with Crippen molar-refractivity contribution in [2.45, 2.75) is 44.5 Å². The van der Waals surface area contributed by atoms with Gasteiger partial charge in [0.15, 0.2) is 0 Å². The van der Waals surface area contributed by atoms with Crippen molar-refractivity contribution >= 4 is 11.4 Å². The van der Waals surface area contributed by atoms with Gasteiger partial charge in [0.1, 0.15) is 5.76 Å². The van der Waals surface area contributed by atoms with Crippen molar-refractivity contribution in [3.63, 3.8) is 0 Å². The Balaban J connectivity index is 0.000000747. The van der Waals surface area contributed by atoms with Crippen molar-refractivity contribution < 1.29 is 65.1 Å². The number of halogens is 8. The van der Waals surface area contributed by atoms with Crippen LogP contribution in [0.1, 0.15) is 26.5 Å². The van der Waals surface area contributed by atoms with Crippen LogP contribution in [0.3, 0.4) is 0 Å². The second kappa shape index (κ2) is 8.91. The van der Waals surface area contributed by atoms with E-state index in [-0.39, 0.29) is 31.6 Å². The van der Waals surface area contributed by atoms with Crippen LogP contribution in [-0.4, -0.2) is 44.4 Å². The molecule has 1 aromatic heterocycles. The largest absolute Gasteiger partial charge is 0.512 e. The zero-order valence-electron chi connectivity index (χ0n) is 15.0. The van der Waals surface area contributed by atoms with Gasteiger partial charge in [0.25, 0.3) is 5.92 Å². The molecule has 1 aromatic rings. The van der Waals surface area contributed by atoms with Crippen LogP contribution in [0.2, 0.25) is 0 Å². The van der Waals surface area contributed by atoms with E-state index in [1.807, 2.05) is 0 Å². The number of aliphatic hydroxyl groups excluding tert-OH is 1. The Bertz CT molecular complexity index is 803. The zero-order valence-corrected chi connectivity index (χ0v) is 17.4. The molecular formula is C17H15F8IrNO2. The van der Waals surface area contributed by atoms with Crippen molar-refractivity contribution in [2.24, 2.45) is 0 Å².